The minimum Gasteiger partial charge on any atom is -0.497 e. The van der Waals surface area contributed by atoms with E-state index in [0.717, 1.165) is 23.3 Å². The van der Waals surface area contributed by atoms with Gasteiger partial charge in [0.15, 0.2) is 0 Å². The molecule has 1 aromatic carbocycles. The van der Waals surface area contributed by atoms with Crippen molar-refractivity contribution in [3.05, 3.63) is 29.3 Å². The summed E-state index contributed by atoms with van der Waals surface area (Å²) in [6, 6.07) is 5.73. The number of hydrogen-bond donors (Lipinski definition) is 0. The molecule has 0 unspecified atom stereocenters. The first-order chi connectivity index (χ1) is 7.50. The van der Waals surface area contributed by atoms with Gasteiger partial charge in [-0.2, -0.15) is 0 Å². The summed E-state index contributed by atoms with van der Waals surface area (Å²) in [6.07, 6.45) is 1.83. The number of ether oxygens (including phenoxy) is 1. The molecule has 0 fully saturated rings. The molecule has 5 heteroatoms. The molecule has 0 radical (unpaired) electrons. The topological polar surface area (TPSA) is 43.4 Å². The highest BCUT2D eigenvalue weighted by atomic mass is 35.7. The molecule has 1 aromatic rings. The molecule has 1 aliphatic carbocycles. The van der Waals surface area contributed by atoms with Gasteiger partial charge in [0.25, 0.3) is 0 Å². The third-order valence-corrected chi connectivity index (χ3v) is 4.95. The lowest BCUT2D eigenvalue weighted by molar-refractivity contribution is 0.413. The number of rotatable bonds is 2. The lowest BCUT2D eigenvalue weighted by atomic mass is 9.91. The standard InChI is InChI=1S/C11H13ClO3S/c1-15-10-4-2-9-7-11(16(12,13)14)5-3-8(9)6-10/h2,4,6,11H,3,5,7H2,1H3/t11-/m1/s1. The fourth-order valence-electron chi connectivity index (χ4n) is 2.07. The molecule has 1 atom stereocenters. The predicted molar refractivity (Wildman–Crippen MR) is 63.6 cm³/mol. The number of hydrogen-bond acceptors (Lipinski definition) is 3. The number of methoxy groups -OCH3 is 1. The van der Waals surface area contributed by atoms with Gasteiger partial charge in [0.1, 0.15) is 5.75 Å². The Balaban J connectivity index is 2.29. The monoisotopic (exact) mass is 260 g/mol. The van der Waals surface area contributed by atoms with Crippen LogP contribution in [0.15, 0.2) is 18.2 Å². The summed E-state index contributed by atoms with van der Waals surface area (Å²) >= 11 is 0. The lowest BCUT2D eigenvalue weighted by Crippen LogP contribution is -2.24. The Morgan fingerprint density at radius 3 is 2.75 bits per heavy atom. The fourth-order valence-corrected chi connectivity index (χ4v) is 3.30. The Morgan fingerprint density at radius 1 is 1.38 bits per heavy atom. The minimum absolute atomic E-state index is 0.449. The van der Waals surface area contributed by atoms with Crippen LogP contribution in [-0.2, 0) is 21.9 Å². The van der Waals surface area contributed by atoms with Gasteiger partial charge >= 0.3 is 0 Å². The highest BCUT2D eigenvalue weighted by Gasteiger charge is 2.28. The molecule has 0 aromatic heterocycles. The Labute approximate surface area is 99.8 Å². The smallest absolute Gasteiger partial charge is 0.235 e. The first-order valence-electron chi connectivity index (χ1n) is 5.10. The highest BCUT2D eigenvalue weighted by Crippen LogP contribution is 2.29. The number of benzene rings is 1. The zero-order chi connectivity index (χ0) is 11.8. The van der Waals surface area contributed by atoms with Crippen LogP contribution in [0.4, 0.5) is 0 Å². The largest absolute Gasteiger partial charge is 0.497 e. The minimum atomic E-state index is -3.44. The second-order valence-electron chi connectivity index (χ2n) is 3.98. The maximum atomic E-state index is 11.3. The molecule has 0 saturated carbocycles. The van der Waals surface area contributed by atoms with Gasteiger partial charge in [-0.1, -0.05) is 6.07 Å². The normalized spacial score (nSPS) is 20.2. The lowest BCUT2D eigenvalue weighted by Gasteiger charge is -2.22. The van der Waals surface area contributed by atoms with Gasteiger partial charge in [-0.3, -0.25) is 0 Å². The van der Waals surface area contributed by atoms with Gasteiger partial charge in [0.2, 0.25) is 9.05 Å². The van der Waals surface area contributed by atoms with Crippen LogP contribution in [0.5, 0.6) is 5.75 Å². The van der Waals surface area contributed by atoms with Crippen molar-refractivity contribution >= 4 is 19.7 Å². The number of halogens is 1. The Bertz CT molecular complexity index is 496. The van der Waals surface area contributed by atoms with E-state index in [0.29, 0.717) is 12.8 Å². The molecule has 0 spiro atoms. The average molecular weight is 261 g/mol. The van der Waals surface area contributed by atoms with Gasteiger partial charge in [-0.15, -0.1) is 0 Å². The van der Waals surface area contributed by atoms with E-state index in [2.05, 4.69) is 0 Å². The average Bonchev–Trinajstić information content (AvgIpc) is 2.26. The zero-order valence-corrected chi connectivity index (χ0v) is 10.5. The molecule has 16 heavy (non-hydrogen) atoms. The highest BCUT2D eigenvalue weighted by molar-refractivity contribution is 8.14. The van der Waals surface area contributed by atoms with Crippen molar-refractivity contribution in [2.45, 2.75) is 24.5 Å². The molecular formula is C11H13ClO3S. The second-order valence-corrected chi connectivity index (χ2v) is 6.88. The SMILES string of the molecule is COc1ccc2c(c1)CC[C@@H](S(=O)(=O)Cl)C2. The van der Waals surface area contributed by atoms with E-state index in [-0.39, 0.29) is 0 Å². The van der Waals surface area contributed by atoms with E-state index in [1.807, 2.05) is 18.2 Å². The molecule has 0 heterocycles. The van der Waals surface area contributed by atoms with Gasteiger partial charge < -0.3 is 4.74 Å². The maximum absolute atomic E-state index is 11.3. The van der Waals surface area contributed by atoms with Crippen molar-refractivity contribution in [2.24, 2.45) is 0 Å². The molecule has 0 N–H and O–H groups in total. The molecule has 3 nitrogen and oxygen atoms in total. The van der Waals surface area contributed by atoms with Gasteiger partial charge in [-0.05, 0) is 42.5 Å². The molecule has 2 rings (SSSR count). The molecule has 0 amide bonds. The third-order valence-electron chi connectivity index (χ3n) is 2.99. The van der Waals surface area contributed by atoms with Crippen molar-refractivity contribution in [3.8, 4) is 5.75 Å². The summed E-state index contributed by atoms with van der Waals surface area (Å²) in [5.74, 6) is 0.811. The van der Waals surface area contributed by atoms with Crippen LogP contribution in [0.2, 0.25) is 0 Å². The van der Waals surface area contributed by atoms with Crippen molar-refractivity contribution in [1.29, 1.82) is 0 Å². The summed E-state index contributed by atoms with van der Waals surface area (Å²) in [5, 5.41) is -0.449. The maximum Gasteiger partial charge on any atom is 0.235 e. The van der Waals surface area contributed by atoms with Gasteiger partial charge in [-0.25, -0.2) is 8.42 Å². The van der Waals surface area contributed by atoms with E-state index in [1.165, 1.54) is 0 Å². The van der Waals surface area contributed by atoms with Crippen LogP contribution < -0.4 is 4.74 Å². The van der Waals surface area contributed by atoms with Crippen LogP contribution in [0.25, 0.3) is 0 Å². The Morgan fingerprint density at radius 2 is 2.12 bits per heavy atom. The summed E-state index contributed by atoms with van der Waals surface area (Å²) in [7, 11) is 3.56. The summed E-state index contributed by atoms with van der Waals surface area (Å²) < 4.78 is 27.6. The van der Waals surface area contributed by atoms with E-state index < -0.39 is 14.3 Å². The Hall–Kier alpha value is -0.740. The van der Waals surface area contributed by atoms with Crippen LogP contribution in [-0.4, -0.2) is 20.8 Å². The molecule has 88 valence electrons. The second kappa shape index (κ2) is 4.26. The zero-order valence-electron chi connectivity index (χ0n) is 8.94. The molecular weight excluding hydrogens is 248 g/mol. The van der Waals surface area contributed by atoms with Crippen LogP contribution >= 0.6 is 10.7 Å². The number of fused-ring (bicyclic) bond motifs is 1. The third kappa shape index (κ3) is 2.33. The van der Waals surface area contributed by atoms with E-state index >= 15 is 0 Å². The Kier molecular flexibility index (Phi) is 3.13. The van der Waals surface area contributed by atoms with Crippen LogP contribution in [0.3, 0.4) is 0 Å². The van der Waals surface area contributed by atoms with Crippen molar-refractivity contribution in [2.75, 3.05) is 7.11 Å². The van der Waals surface area contributed by atoms with E-state index in [1.54, 1.807) is 7.11 Å². The van der Waals surface area contributed by atoms with Crippen molar-refractivity contribution in [3.63, 3.8) is 0 Å². The van der Waals surface area contributed by atoms with Crippen molar-refractivity contribution < 1.29 is 13.2 Å². The summed E-state index contributed by atoms with van der Waals surface area (Å²) in [4.78, 5) is 0. The molecule has 1 aliphatic rings. The summed E-state index contributed by atoms with van der Waals surface area (Å²) in [6.45, 7) is 0. The molecule has 0 saturated heterocycles. The predicted octanol–water partition coefficient (Wildman–Crippen LogP) is 2.12. The quantitative estimate of drug-likeness (QED) is 0.765. The van der Waals surface area contributed by atoms with Crippen molar-refractivity contribution in [1.82, 2.24) is 0 Å². The first kappa shape index (κ1) is 11.7. The van der Waals surface area contributed by atoms with Crippen LogP contribution in [0, 0.1) is 0 Å². The van der Waals surface area contributed by atoms with Crippen LogP contribution in [0.1, 0.15) is 17.5 Å². The van der Waals surface area contributed by atoms with E-state index in [9.17, 15) is 8.42 Å². The van der Waals surface area contributed by atoms with Gasteiger partial charge in [0, 0.05) is 10.7 Å². The number of aryl methyl sites for hydroxylation is 1. The van der Waals surface area contributed by atoms with E-state index in [4.69, 9.17) is 15.4 Å². The first-order valence-corrected chi connectivity index (χ1v) is 7.47. The molecule has 0 aliphatic heterocycles. The summed E-state index contributed by atoms with van der Waals surface area (Å²) in [5.41, 5.74) is 2.22. The van der Waals surface area contributed by atoms with Gasteiger partial charge in [0.05, 0.1) is 12.4 Å². The fraction of sp³-hybridized carbons (Fsp3) is 0.455. The molecule has 0 bridgehead atoms.